The van der Waals surface area contributed by atoms with Crippen LogP contribution in [0.1, 0.15) is 19.5 Å². The Hall–Kier alpha value is -1.19. The van der Waals surface area contributed by atoms with E-state index in [0.717, 1.165) is 0 Å². The number of hydrogen-bond acceptors (Lipinski definition) is 5. The maximum atomic E-state index is 12.0. The molecule has 102 valence electrons. The summed E-state index contributed by atoms with van der Waals surface area (Å²) in [7, 11) is -3.92. The number of nitrogens with two attached hydrogens (primary N) is 1. The summed E-state index contributed by atoms with van der Waals surface area (Å²) in [4.78, 5) is 24.2. The van der Waals surface area contributed by atoms with Crippen molar-refractivity contribution in [2.75, 3.05) is 0 Å². The fraction of sp³-hybridized carbons (Fsp3) is 0.556. The van der Waals surface area contributed by atoms with Gasteiger partial charge in [0.05, 0.1) is 0 Å². The number of thiazole rings is 1. The minimum atomic E-state index is -3.92. The predicted molar refractivity (Wildman–Crippen MR) is 67.8 cm³/mol. The molecule has 9 heteroatoms. The lowest BCUT2D eigenvalue weighted by atomic mass is 10.1. The Morgan fingerprint density at radius 2 is 2.00 bits per heavy atom. The van der Waals surface area contributed by atoms with Gasteiger partial charge in [-0.25, -0.2) is 8.42 Å². The zero-order valence-corrected chi connectivity index (χ0v) is 11.8. The molecule has 1 aromatic heterocycles. The summed E-state index contributed by atoms with van der Waals surface area (Å²) < 4.78 is 26.1. The van der Waals surface area contributed by atoms with Crippen molar-refractivity contribution in [3.8, 4) is 0 Å². The first-order valence-corrected chi connectivity index (χ1v) is 7.46. The predicted octanol–water partition coefficient (Wildman–Crippen LogP) is -0.467. The SMILES string of the molecule is Cc1[nH]c(=O)sc1S(=O)(=O)NC(C(N)=O)C(C)C. The second kappa shape index (κ2) is 5.21. The van der Waals surface area contributed by atoms with Crippen LogP contribution < -0.4 is 15.3 Å². The topological polar surface area (TPSA) is 122 Å². The van der Waals surface area contributed by atoms with Gasteiger partial charge in [0, 0.05) is 5.69 Å². The van der Waals surface area contributed by atoms with Crippen LogP contribution in [0.3, 0.4) is 0 Å². The summed E-state index contributed by atoms with van der Waals surface area (Å²) in [5.41, 5.74) is 5.37. The van der Waals surface area contributed by atoms with Gasteiger partial charge in [-0.1, -0.05) is 25.2 Å². The maximum Gasteiger partial charge on any atom is 0.305 e. The highest BCUT2D eigenvalue weighted by Crippen LogP contribution is 2.17. The molecule has 0 aromatic carbocycles. The van der Waals surface area contributed by atoms with Gasteiger partial charge in [0.15, 0.2) is 4.21 Å². The van der Waals surface area contributed by atoms with Crippen LogP contribution in [0.25, 0.3) is 0 Å². The molecule has 1 aromatic rings. The first-order valence-electron chi connectivity index (χ1n) is 5.16. The van der Waals surface area contributed by atoms with Crippen LogP contribution in [-0.2, 0) is 14.8 Å². The lowest BCUT2D eigenvalue weighted by molar-refractivity contribution is -0.120. The zero-order chi connectivity index (χ0) is 14.1. The van der Waals surface area contributed by atoms with E-state index in [4.69, 9.17) is 5.73 Å². The van der Waals surface area contributed by atoms with Gasteiger partial charge in [-0.15, -0.1) is 0 Å². The minimum absolute atomic E-state index is 0.126. The number of hydrogen-bond donors (Lipinski definition) is 3. The van der Waals surface area contributed by atoms with Crippen molar-refractivity contribution in [1.29, 1.82) is 0 Å². The van der Waals surface area contributed by atoms with Gasteiger partial charge in [-0.3, -0.25) is 9.59 Å². The smallest absolute Gasteiger partial charge is 0.305 e. The third-order valence-corrected chi connectivity index (χ3v) is 5.33. The van der Waals surface area contributed by atoms with Crippen LogP contribution in [0.5, 0.6) is 0 Å². The molecule has 0 bridgehead atoms. The number of aromatic amines is 1. The Morgan fingerprint density at radius 1 is 1.44 bits per heavy atom. The van der Waals surface area contributed by atoms with E-state index in [1.807, 2.05) is 0 Å². The van der Waals surface area contributed by atoms with Crippen LogP contribution in [-0.4, -0.2) is 25.4 Å². The van der Waals surface area contributed by atoms with Crippen molar-refractivity contribution in [2.24, 2.45) is 11.7 Å². The van der Waals surface area contributed by atoms with Crippen LogP contribution in [0.4, 0.5) is 0 Å². The van der Waals surface area contributed by atoms with Crippen molar-refractivity contribution in [3.05, 3.63) is 15.4 Å². The molecule has 1 heterocycles. The van der Waals surface area contributed by atoms with Crippen molar-refractivity contribution < 1.29 is 13.2 Å². The molecule has 0 aliphatic carbocycles. The monoisotopic (exact) mass is 293 g/mol. The molecule has 0 aliphatic heterocycles. The molecule has 1 atom stereocenters. The molecule has 0 aliphatic rings. The van der Waals surface area contributed by atoms with Gasteiger partial charge in [0.25, 0.3) is 10.0 Å². The maximum absolute atomic E-state index is 12.0. The average molecular weight is 293 g/mol. The van der Waals surface area contributed by atoms with Crippen molar-refractivity contribution >= 4 is 27.3 Å². The number of carbonyl (C=O) groups excluding carboxylic acids is 1. The Labute approximate surface area is 108 Å². The number of carbonyl (C=O) groups is 1. The number of primary amides is 1. The summed E-state index contributed by atoms with van der Waals surface area (Å²) in [5.74, 6) is -1.04. The van der Waals surface area contributed by atoms with Crippen molar-refractivity contribution in [1.82, 2.24) is 9.71 Å². The molecule has 1 rings (SSSR count). The fourth-order valence-electron chi connectivity index (χ4n) is 1.39. The summed E-state index contributed by atoms with van der Waals surface area (Å²) in [6.45, 7) is 4.82. The number of rotatable bonds is 5. The van der Waals surface area contributed by atoms with E-state index in [9.17, 15) is 18.0 Å². The van der Waals surface area contributed by atoms with Crippen LogP contribution in [0, 0.1) is 12.8 Å². The average Bonchev–Trinajstić information content (AvgIpc) is 2.54. The second-order valence-electron chi connectivity index (χ2n) is 4.17. The molecular formula is C9H15N3O4S2. The fourth-order valence-corrected chi connectivity index (χ4v) is 4.06. The van der Waals surface area contributed by atoms with Crippen LogP contribution in [0.15, 0.2) is 9.00 Å². The Bertz CT molecular complexity index is 600. The Kier molecular flexibility index (Phi) is 4.30. The second-order valence-corrected chi connectivity index (χ2v) is 7.06. The lowest BCUT2D eigenvalue weighted by Gasteiger charge is -2.18. The molecule has 0 radical (unpaired) electrons. The van der Waals surface area contributed by atoms with E-state index in [-0.39, 0.29) is 15.8 Å². The number of aryl methyl sites for hydroxylation is 1. The molecule has 7 nitrogen and oxygen atoms in total. The van der Waals surface area contributed by atoms with E-state index < -0.39 is 26.8 Å². The highest BCUT2D eigenvalue weighted by atomic mass is 32.2. The standard InChI is InChI=1S/C9H15N3O4S2/c1-4(2)6(7(10)13)12-18(15,16)8-5(3)11-9(14)17-8/h4,6,12H,1-3H3,(H2,10,13)(H,11,14). The summed E-state index contributed by atoms with van der Waals surface area (Å²) >= 11 is 0.573. The van der Waals surface area contributed by atoms with Gasteiger partial charge >= 0.3 is 4.87 Å². The molecule has 18 heavy (non-hydrogen) atoms. The van der Waals surface area contributed by atoms with E-state index >= 15 is 0 Å². The quantitative estimate of drug-likeness (QED) is 0.679. The molecular weight excluding hydrogens is 278 g/mol. The molecule has 4 N–H and O–H groups in total. The third kappa shape index (κ3) is 3.18. The zero-order valence-electron chi connectivity index (χ0n) is 10.2. The summed E-state index contributed by atoms with van der Waals surface area (Å²) in [6, 6.07) is -1.01. The van der Waals surface area contributed by atoms with E-state index in [1.54, 1.807) is 13.8 Å². The van der Waals surface area contributed by atoms with Gasteiger partial charge in [-0.05, 0) is 12.8 Å². The van der Waals surface area contributed by atoms with E-state index in [2.05, 4.69) is 9.71 Å². The number of H-pyrrole nitrogens is 1. The van der Waals surface area contributed by atoms with E-state index in [0.29, 0.717) is 11.3 Å². The number of amides is 1. The Morgan fingerprint density at radius 3 is 2.33 bits per heavy atom. The molecule has 1 amide bonds. The first kappa shape index (κ1) is 14.9. The van der Waals surface area contributed by atoms with Gasteiger partial charge in [0.1, 0.15) is 6.04 Å². The largest absolute Gasteiger partial charge is 0.368 e. The number of sulfonamides is 1. The minimum Gasteiger partial charge on any atom is -0.368 e. The third-order valence-electron chi connectivity index (χ3n) is 2.28. The van der Waals surface area contributed by atoms with Crippen molar-refractivity contribution in [2.45, 2.75) is 31.0 Å². The highest BCUT2D eigenvalue weighted by Gasteiger charge is 2.29. The summed E-state index contributed by atoms with van der Waals surface area (Å²) in [5, 5.41) is 0. The van der Waals surface area contributed by atoms with Crippen molar-refractivity contribution in [3.63, 3.8) is 0 Å². The van der Waals surface area contributed by atoms with Crippen LogP contribution in [0.2, 0.25) is 0 Å². The molecule has 0 saturated heterocycles. The number of nitrogens with one attached hydrogen (secondary N) is 2. The molecule has 0 saturated carbocycles. The van der Waals surface area contributed by atoms with Gasteiger partial charge in [0.2, 0.25) is 5.91 Å². The normalized spacial score (nSPS) is 13.8. The lowest BCUT2D eigenvalue weighted by Crippen LogP contribution is -2.47. The molecule has 1 unspecified atom stereocenters. The van der Waals surface area contributed by atoms with Gasteiger partial charge in [-0.2, -0.15) is 4.72 Å². The first-order chi connectivity index (χ1) is 8.15. The highest BCUT2D eigenvalue weighted by molar-refractivity contribution is 7.91. The summed E-state index contributed by atoms with van der Waals surface area (Å²) in [6.07, 6.45) is 0. The number of aromatic nitrogens is 1. The van der Waals surface area contributed by atoms with E-state index in [1.165, 1.54) is 6.92 Å². The molecule has 0 fully saturated rings. The molecule has 0 spiro atoms. The Balaban J connectivity index is 3.12. The van der Waals surface area contributed by atoms with Crippen LogP contribution >= 0.6 is 11.3 Å². The van der Waals surface area contributed by atoms with Gasteiger partial charge < -0.3 is 10.7 Å².